The van der Waals surface area contributed by atoms with Crippen LogP contribution in [0.3, 0.4) is 0 Å². The number of halogens is 1. The van der Waals surface area contributed by atoms with Crippen LogP contribution in [0.15, 0.2) is 42.5 Å². The van der Waals surface area contributed by atoms with Crippen molar-refractivity contribution in [3.8, 4) is 22.6 Å². The average molecular weight is 539 g/mol. The van der Waals surface area contributed by atoms with Crippen LogP contribution in [0.4, 0.5) is 4.39 Å². The van der Waals surface area contributed by atoms with E-state index in [4.69, 9.17) is 14.2 Å². The lowest BCUT2D eigenvalue weighted by atomic mass is 9.69. The summed E-state index contributed by atoms with van der Waals surface area (Å²) in [7, 11) is 0. The molecule has 4 nitrogen and oxygen atoms in total. The van der Waals surface area contributed by atoms with Crippen LogP contribution in [-0.4, -0.2) is 25.8 Å². The number of unbranched alkanes of at least 4 members (excludes halogenated alkanes) is 2. The molecule has 2 aromatic rings. The topological polar surface area (TPSA) is 44.8 Å². The Bertz CT molecular complexity index is 1000. The minimum atomic E-state index is -0.329. The normalized spacial score (nSPS) is 23.3. The highest BCUT2D eigenvalue weighted by atomic mass is 19.1. The number of benzene rings is 2. The third-order valence-electron chi connectivity index (χ3n) is 8.91. The third kappa shape index (κ3) is 9.25. The summed E-state index contributed by atoms with van der Waals surface area (Å²) < 4.78 is 31.4. The summed E-state index contributed by atoms with van der Waals surface area (Å²) in [6.45, 7) is 4.82. The van der Waals surface area contributed by atoms with Crippen LogP contribution in [0.1, 0.15) is 90.9 Å². The Morgan fingerprint density at radius 3 is 2.05 bits per heavy atom. The smallest absolute Gasteiger partial charge is 0.302 e. The van der Waals surface area contributed by atoms with Gasteiger partial charge in [0.1, 0.15) is 30.5 Å². The lowest BCUT2D eigenvalue weighted by molar-refractivity contribution is -0.141. The van der Waals surface area contributed by atoms with E-state index in [0.717, 1.165) is 23.3 Å². The van der Waals surface area contributed by atoms with Gasteiger partial charge in [-0.3, -0.25) is 4.79 Å². The monoisotopic (exact) mass is 538 g/mol. The molecule has 0 radical (unpaired) electrons. The van der Waals surface area contributed by atoms with E-state index in [2.05, 4.69) is 6.92 Å². The van der Waals surface area contributed by atoms with E-state index in [9.17, 15) is 9.18 Å². The van der Waals surface area contributed by atoms with Gasteiger partial charge in [0.15, 0.2) is 0 Å². The lowest BCUT2D eigenvalue weighted by Crippen LogP contribution is -2.27. The van der Waals surface area contributed by atoms with E-state index in [1.54, 1.807) is 18.2 Å². The van der Waals surface area contributed by atoms with E-state index in [1.807, 2.05) is 18.2 Å². The van der Waals surface area contributed by atoms with Gasteiger partial charge in [-0.05, 0) is 92.0 Å². The van der Waals surface area contributed by atoms with Gasteiger partial charge in [-0.1, -0.05) is 57.6 Å². The zero-order valence-corrected chi connectivity index (χ0v) is 24.0. The third-order valence-corrected chi connectivity index (χ3v) is 8.91. The number of hydrogen-bond acceptors (Lipinski definition) is 4. The standard InChI is InChI=1S/C34H47FO4/c1-3-4-5-6-26-7-11-28(12-8-26)29-13-9-27(10-14-29)24-39-32-19-20-33(34(35)23-32)30-15-17-31(18-16-30)38-22-21-37-25(2)36/h15-20,23,26-29H,3-14,21-22,24H2,1-2H3. The molecule has 2 saturated carbocycles. The number of carbonyl (C=O) groups is 1. The Hall–Kier alpha value is -2.56. The van der Waals surface area contributed by atoms with Gasteiger partial charge in [0.05, 0.1) is 6.61 Å². The second kappa shape index (κ2) is 15.3. The maximum Gasteiger partial charge on any atom is 0.302 e. The van der Waals surface area contributed by atoms with Crippen LogP contribution in [0.5, 0.6) is 11.5 Å². The molecular formula is C34H47FO4. The Balaban J connectivity index is 1.17. The maximum absolute atomic E-state index is 14.9. The van der Waals surface area contributed by atoms with Crippen molar-refractivity contribution in [1.82, 2.24) is 0 Å². The molecule has 5 heteroatoms. The lowest BCUT2D eigenvalue weighted by Gasteiger charge is -2.38. The summed E-state index contributed by atoms with van der Waals surface area (Å²) in [6, 6.07) is 12.4. The molecule has 2 aliphatic carbocycles. The summed E-state index contributed by atoms with van der Waals surface area (Å²) in [4.78, 5) is 10.8. The molecule has 0 N–H and O–H groups in total. The number of hydrogen-bond donors (Lipinski definition) is 0. The molecular weight excluding hydrogens is 491 g/mol. The second-order valence-corrected chi connectivity index (χ2v) is 11.7. The van der Waals surface area contributed by atoms with Gasteiger partial charge in [-0.2, -0.15) is 0 Å². The first-order chi connectivity index (χ1) is 19.0. The summed E-state index contributed by atoms with van der Waals surface area (Å²) in [5.41, 5.74) is 1.31. The van der Waals surface area contributed by atoms with Crippen molar-refractivity contribution in [2.45, 2.75) is 90.9 Å². The molecule has 2 fully saturated rings. The number of esters is 1. The van der Waals surface area contributed by atoms with E-state index < -0.39 is 0 Å². The Morgan fingerprint density at radius 1 is 0.795 bits per heavy atom. The molecule has 0 aliphatic heterocycles. The number of rotatable bonds is 13. The number of ether oxygens (including phenoxy) is 3. The predicted octanol–water partition coefficient (Wildman–Crippen LogP) is 9.01. The minimum Gasteiger partial charge on any atom is -0.493 e. The molecule has 2 aromatic carbocycles. The van der Waals surface area contributed by atoms with Crippen molar-refractivity contribution < 1.29 is 23.4 Å². The first kappa shape index (κ1) is 29.4. The van der Waals surface area contributed by atoms with Gasteiger partial charge >= 0.3 is 5.97 Å². The van der Waals surface area contributed by atoms with Gasteiger partial charge in [-0.25, -0.2) is 4.39 Å². The molecule has 0 saturated heterocycles. The second-order valence-electron chi connectivity index (χ2n) is 11.7. The predicted molar refractivity (Wildman–Crippen MR) is 154 cm³/mol. The summed E-state index contributed by atoms with van der Waals surface area (Å²) in [5.74, 6) is 4.04. The van der Waals surface area contributed by atoms with Crippen molar-refractivity contribution in [3.05, 3.63) is 48.3 Å². The summed E-state index contributed by atoms with van der Waals surface area (Å²) in [5, 5.41) is 0. The van der Waals surface area contributed by atoms with E-state index >= 15 is 0 Å². The van der Waals surface area contributed by atoms with Crippen LogP contribution in [-0.2, 0) is 9.53 Å². The van der Waals surface area contributed by atoms with Gasteiger partial charge in [0.2, 0.25) is 0 Å². The van der Waals surface area contributed by atoms with Crippen molar-refractivity contribution in [2.24, 2.45) is 23.7 Å². The van der Waals surface area contributed by atoms with Gasteiger partial charge < -0.3 is 14.2 Å². The zero-order chi connectivity index (χ0) is 27.5. The van der Waals surface area contributed by atoms with Crippen molar-refractivity contribution in [1.29, 1.82) is 0 Å². The Kier molecular flexibility index (Phi) is 11.5. The fourth-order valence-electron chi connectivity index (χ4n) is 6.57. The molecule has 0 atom stereocenters. The largest absolute Gasteiger partial charge is 0.493 e. The molecule has 0 amide bonds. The summed E-state index contributed by atoms with van der Waals surface area (Å²) in [6.07, 6.45) is 16.5. The SMILES string of the molecule is CCCCCC1CCC(C2CCC(COc3ccc(-c4ccc(OCCOC(C)=O)cc4)c(F)c3)CC2)CC1. The van der Waals surface area contributed by atoms with Crippen molar-refractivity contribution in [3.63, 3.8) is 0 Å². The highest BCUT2D eigenvalue weighted by Crippen LogP contribution is 2.42. The Morgan fingerprint density at radius 2 is 1.44 bits per heavy atom. The van der Waals surface area contributed by atoms with Crippen molar-refractivity contribution in [2.75, 3.05) is 19.8 Å². The van der Waals surface area contributed by atoms with Crippen molar-refractivity contribution >= 4 is 5.97 Å². The molecule has 4 rings (SSSR count). The molecule has 0 unspecified atom stereocenters. The fraction of sp³-hybridized carbons (Fsp3) is 0.618. The van der Waals surface area contributed by atoms with Crippen LogP contribution in [0.2, 0.25) is 0 Å². The molecule has 0 spiro atoms. The first-order valence-corrected chi connectivity index (χ1v) is 15.3. The Labute approximate surface area is 234 Å². The van der Waals surface area contributed by atoms with Crippen LogP contribution < -0.4 is 9.47 Å². The zero-order valence-electron chi connectivity index (χ0n) is 24.0. The first-order valence-electron chi connectivity index (χ1n) is 15.3. The van der Waals surface area contributed by atoms with Gasteiger partial charge in [0, 0.05) is 18.6 Å². The molecule has 39 heavy (non-hydrogen) atoms. The molecule has 214 valence electrons. The molecule has 0 aromatic heterocycles. The van der Waals surface area contributed by atoms with Gasteiger partial charge in [0.25, 0.3) is 0 Å². The minimum absolute atomic E-state index is 0.203. The number of carbonyl (C=O) groups excluding carboxylic acids is 1. The van der Waals surface area contributed by atoms with Crippen LogP contribution in [0, 0.1) is 29.5 Å². The van der Waals surface area contributed by atoms with Crippen LogP contribution in [0.25, 0.3) is 11.1 Å². The molecule has 0 bridgehead atoms. The molecule has 0 heterocycles. The van der Waals surface area contributed by atoms with Crippen LogP contribution >= 0.6 is 0 Å². The van der Waals surface area contributed by atoms with E-state index in [0.29, 0.717) is 29.6 Å². The molecule has 2 aliphatic rings. The van der Waals surface area contributed by atoms with Gasteiger partial charge in [-0.15, -0.1) is 0 Å². The maximum atomic E-state index is 14.9. The van der Waals surface area contributed by atoms with E-state index in [-0.39, 0.29) is 25.0 Å². The highest BCUT2D eigenvalue weighted by molar-refractivity contribution is 5.66. The van der Waals surface area contributed by atoms with E-state index in [1.165, 1.54) is 90.0 Å². The fourth-order valence-corrected chi connectivity index (χ4v) is 6.57. The highest BCUT2D eigenvalue weighted by Gasteiger charge is 2.31. The summed E-state index contributed by atoms with van der Waals surface area (Å²) >= 11 is 0. The average Bonchev–Trinajstić information content (AvgIpc) is 2.95. The quantitative estimate of drug-likeness (QED) is 0.189.